The summed E-state index contributed by atoms with van der Waals surface area (Å²) in [5.41, 5.74) is 2.34. The van der Waals surface area contributed by atoms with Crippen LogP contribution in [0.2, 0.25) is 19.6 Å². The molecule has 1 unspecified atom stereocenters. The first-order valence-corrected chi connectivity index (χ1v) is 11.2. The molecule has 0 spiro atoms. The van der Waals surface area contributed by atoms with Crippen LogP contribution in [-0.2, 0) is 0 Å². The quantitative estimate of drug-likeness (QED) is 0.536. The van der Waals surface area contributed by atoms with Gasteiger partial charge in [-0.2, -0.15) is 11.2 Å². The molecule has 0 saturated carbocycles. The SMILES string of the molecule is Cc1ccccc1N=CCC(C)S[Si](C)(C)C. The molecule has 1 aromatic carbocycles. The summed E-state index contributed by atoms with van der Waals surface area (Å²) in [6.45, 7) is 11.6. The van der Waals surface area contributed by atoms with Crippen LogP contribution in [0.3, 0.4) is 0 Å². The topological polar surface area (TPSA) is 12.4 Å². The highest BCUT2D eigenvalue weighted by Crippen LogP contribution is 2.26. The van der Waals surface area contributed by atoms with Gasteiger partial charge in [0.2, 0.25) is 0 Å². The smallest absolute Gasteiger partial charge is 0.108 e. The lowest BCUT2D eigenvalue weighted by Gasteiger charge is -2.19. The van der Waals surface area contributed by atoms with Gasteiger partial charge in [-0.05, 0) is 25.0 Å². The Bertz CT molecular complexity index is 382. The van der Waals surface area contributed by atoms with E-state index in [0.717, 1.165) is 12.1 Å². The lowest BCUT2D eigenvalue weighted by molar-refractivity contribution is 1.04. The van der Waals surface area contributed by atoms with Crippen molar-refractivity contribution >= 4 is 30.3 Å². The summed E-state index contributed by atoms with van der Waals surface area (Å²) in [5, 5.41) is 0.675. The summed E-state index contributed by atoms with van der Waals surface area (Å²) < 4.78 is 0. The zero-order valence-corrected chi connectivity index (χ0v) is 13.3. The molecule has 0 heterocycles. The van der Waals surface area contributed by atoms with Crippen molar-refractivity contribution in [2.75, 3.05) is 0 Å². The van der Waals surface area contributed by atoms with Crippen molar-refractivity contribution in [1.29, 1.82) is 0 Å². The van der Waals surface area contributed by atoms with Gasteiger partial charge >= 0.3 is 0 Å². The highest BCUT2D eigenvalue weighted by molar-refractivity contribution is 8.29. The molecule has 1 aromatic rings. The van der Waals surface area contributed by atoms with Gasteiger partial charge in [-0.25, -0.2) is 0 Å². The first-order chi connectivity index (χ1) is 7.88. The summed E-state index contributed by atoms with van der Waals surface area (Å²) in [4.78, 5) is 4.55. The first-order valence-electron chi connectivity index (χ1n) is 6.14. The van der Waals surface area contributed by atoms with E-state index < -0.39 is 7.22 Å². The Hall–Kier alpha value is -0.543. The van der Waals surface area contributed by atoms with Crippen LogP contribution in [0, 0.1) is 6.92 Å². The maximum Gasteiger partial charge on any atom is 0.108 e. The van der Waals surface area contributed by atoms with E-state index in [9.17, 15) is 0 Å². The number of benzene rings is 1. The Morgan fingerprint density at radius 2 is 1.94 bits per heavy atom. The van der Waals surface area contributed by atoms with E-state index in [2.05, 4.69) is 74.1 Å². The maximum absolute atomic E-state index is 4.55. The Balaban J connectivity index is 2.48. The fourth-order valence-corrected chi connectivity index (χ4v) is 6.96. The zero-order valence-electron chi connectivity index (χ0n) is 11.5. The minimum atomic E-state index is -1.01. The van der Waals surface area contributed by atoms with Gasteiger partial charge < -0.3 is 0 Å². The fraction of sp³-hybridized carbons (Fsp3) is 0.500. The summed E-state index contributed by atoms with van der Waals surface area (Å²) in [6.07, 6.45) is 3.13. The van der Waals surface area contributed by atoms with Gasteiger partial charge in [0.15, 0.2) is 0 Å². The van der Waals surface area contributed by atoms with Crippen LogP contribution in [-0.4, -0.2) is 18.7 Å². The van der Waals surface area contributed by atoms with Gasteiger partial charge in [-0.3, -0.25) is 4.99 Å². The lowest BCUT2D eigenvalue weighted by Crippen LogP contribution is -2.18. The molecule has 1 rings (SSSR count). The number of aliphatic imine (C=N–C) groups is 1. The van der Waals surface area contributed by atoms with E-state index in [4.69, 9.17) is 0 Å². The lowest BCUT2D eigenvalue weighted by atomic mass is 10.2. The molecule has 0 aliphatic rings. The van der Waals surface area contributed by atoms with Crippen molar-refractivity contribution < 1.29 is 0 Å². The van der Waals surface area contributed by atoms with Crippen molar-refractivity contribution in [3.05, 3.63) is 29.8 Å². The van der Waals surface area contributed by atoms with Crippen LogP contribution >= 0.6 is 11.2 Å². The van der Waals surface area contributed by atoms with E-state index in [0.29, 0.717) is 5.25 Å². The van der Waals surface area contributed by atoms with Gasteiger partial charge in [0, 0.05) is 11.5 Å². The minimum Gasteiger partial charge on any atom is -0.261 e. The molecule has 0 aromatic heterocycles. The highest BCUT2D eigenvalue weighted by atomic mass is 32.4. The average Bonchev–Trinajstić information content (AvgIpc) is 2.18. The number of nitrogens with zero attached hydrogens (tertiary/aromatic N) is 1. The first kappa shape index (κ1) is 14.5. The Labute approximate surface area is 110 Å². The number of hydrogen-bond donors (Lipinski definition) is 0. The third-order valence-corrected chi connectivity index (χ3v) is 6.97. The van der Waals surface area contributed by atoms with Crippen LogP contribution in [0.25, 0.3) is 0 Å². The molecule has 3 heteroatoms. The molecular formula is C14H23NSSi. The molecule has 94 valence electrons. The highest BCUT2D eigenvalue weighted by Gasteiger charge is 2.17. The summed E-state index contributed by atoms with van der Waals surface area (Å²) in [6, 6.07) is 8.27. The molecule has 0 bridgehead atoms. The predicted molar refractivity (Wildman–Crippen MR) is 84.3 cm³/mol. The zero-order chi connectivity index (χ0) is 12.9. The molecular weight excluding hydrogens is 242 g/mol. The summed E-state index contributed by atoms with van der Waals surface area (Å²) in [5.74, 6) is 0. The van der Waals surface area contributed by atoms with Gasteiger partial charge in [0.25, 0.3) is 0 Å². The molecule has 17 heavy (non-hydrogen) atoms. The number of aryl methyl sites for hydroxylation is 1. The molecule has 1 atom stereocenters. The van der Waals surface area contributed by atoms with E-state index in [-0.39, 0.29) is 0 Å². The molecule has 0 fully saturated rings. The van der Waals surface area contributed by atoms with Crippen LogP contribution in [0.5, 0.6) is 0 Å². The van der Waals surface area contributed by atoms with E-state index in [1.807, 2.05) is 6.07 Å². The molecule has 0 N–H and O–H groups in total. The maximum atomic E-state index is 4.55. The van der Waals surface area contributed by atoms with Crippen LogP contribution in [0.1, 0.15) is 18.9 Å². The molecule has 1 nitrogen and oxygen atoms in total. The van der Waals surface area contributed by atoms with Gasteiger partial charge in [0.1, 0.15) is 7.22 Å². The van der Waals surface area contributed by atoms with Crippen molar-refractivity contribution in [3.8, 4) is 0 Å². The Kier molecular flexibility index (Phi) is 5.47. The van der Waals surface area contributed by atoms with Crippen molar-refractivity contribution in [2.45, 2.75) is 45.2 Å². The third-order valence-electron chi connectivity index (χ3n) is 2.34. The molecule has 0 aliphatic carbocycles. The van der Waals surface area contributed by atoms with Crippen molar-refractivity contribution in [3.63, 3.8) is 0 Å². The Morgan fingerprint density at radius 3 is 2.53 bits per heavy atom. The predicted octanol–water partition coefficient (Wildman–Crippen LogP) is 5.04. The van der Waals surface area contributed by atoms with Gasteiger partial charge in [-0.1, -0.05) is 44.8 Å². The number of rotatable bonds is 5. The van der Waals surface area contributed by atoms with E-state index >= 15 is 0 Å². The van der Waals surface area contributed by atoms with Crippen LogP contribution < -0.4 is 0 Å². The van der Waals surface area contributed by atoms with Gasteiger partial charge in [-0.15, -0.1) is 0 Å². The standard InChI is InChI=1S/C14H23NSSi/c1-12-8-6-7-9-14(12)15-11-10-13(2)16-17(3,4)5/h6-9,11,13H,10H2,1-5H3. The second kappa shape index (κ2) is 6.41. The third kappa shape index (κ3) is 6.08. The minimum absolute atomic E-state index is 0.675. The normalized spacial score (nSPS) is 14.2. The van der Waals surface area contributed by atoms with Crippen LogP contribution in [0.4, 0.5) is 5.69 Å². The fourth-order valence-electron chi connectivity index (χ4n) is 1.66. The average molecular weight is 265 g/mol. The Morgan fingerprint density at radius 1 is 1.29 bits per heavy atom. The van der Waals surface area contributed by atoms with Crippen LogP contribution in [0.15, 0.2) is 29.3 Å². The van der Waals surface area contributed by atoms with Crippen molar-refractivity contribution in [1.82, 2.24) is 0 Å². The largest absolute Gasteiger partial charge is 0.261 e. The second-order valence-electron chi connectivity index (χ2n) is 5.37. The molecule has 0 aliphatic heterocycles. The number of hydrogen-bond acceptors (Lipinski definition) is 2. The monoisotopic (exact) mass is 265 g/mol. The summed E-state index contributed by atoms with van der Waals surface area (Å²) in [7, 11) is -1.01. The van der Waals surface area contributed by atoms with Crippen molar-refractivity contribution in [2.24, 2.45) is 4.99 Å². The number of para-hydroxylation sites is 1. The molecule has 0 amide bonds. The van der Waals surface area contributed by atoms with E-state index in [1.165, 1.54) is 5.56 Å². The second-order valence-corrected chi connectivity index (χ2v) is 15.0. The molecule has 0 radical (unpaired) electrons. The molecule has 0 saturated heterocycles. The van der Waals surface area contributed by atoms with Gasteiger partial charge in [0.05, 0.1) is 5.69 Å². The summed E-state index contributed by atoms with van der Waals surface area (Å²) >= 11 is 2.14. The van der Waals surface area contributed by atoms with E-state index in [1.54, 1.807) is 0 Å².